The molecule has 0 unspecified atom stereocenters. The van der Waals surface area contributed by atoms with E-state index in [2.05, 4.69) is 12.2 Å². The van der Waals surface area contributed by atoms with Crippen LogP contribution in [-0.2, 0) is 4.74 Å². The number of hydrogen-bond donors (Lipinski definition) is 1. The summed E-state index contributed by atoms with van der Waals surface area (Å²) in [5.41, 5.74) is 0. The molecule has 0 spiro atoms. The largest absolute Gasteiger partial charge is 0.381 e. The van der Waals surface area contributed by atoms with Crippen molar-refractivity contribution in [2.75, 3.05) is 19.8 Å². The molecule has 1 atom stereocenters. The van der Waals surface area contributed by atoms with Crippen molar-refractivity contribution >= 4 is 0 Å². The van der Waals surface area contributed by atoms with Crippen LogP contribution in [0.2, 0.25) is 0 Å². The first kappa shape index (κ1) is 11.0. The molecule has 0 aliphatic carbocycles. The van der Waals surface area contributed by atoms with E-state index >= 15 is 0 Å². The Balaban J connectivity index is 1.86. The van der Waals surface area contributed by atoms with Crippen molar-refractivity contribution in [3.05, 3.63) is 0 Å². The van der Waals surface area contributed by atoms with Gasteiger partial charge >= 0.3 is 0 Å². The average molecular weight is 185 g/mol. The van der Waals surface area contributed by atoms with Crippen molar-refractivity contribution in [1.82, 2.24) is 5.32 Å². The van der Waals surface area contributed by atoms with Crippen LogP contribution >= 0.6 is 0 Å². The fraction of sp³-hybridized carbons (Fsp3) is 1.00. The predicted octanol–water partition coefficient (Wildman–Crippen LogP) is 2.34. The summed E-state index contributed by atoms with van der Waals surface area (Å²) in [7, 11) is 0. The molecule has 0 amide bonds. The minimum Gasteiger partial charge on any atom is -0.381 e. The smallest absolute Gasteiger partial charge is 0.0480 e. The minimum atomic E-state index is 0.732. The number of rotatable bonds is 6. The molecule has 0 aromatic heterocycles. The van der Waals surface area contributed by atoms with Gasteiger partial charge in [-0.3, -0.25) is 0 Å². The van der Waals surface area contributed by atoms with Crippen molar-refractivity contribution in [1.29, 1.82) is 0 Å². The zero-order valence-electron chi connectivity index (χ0n) is 8.85. The van der Waals surface area contributed by atoms with Gasteiger partial charge in [0.05, 0.1) is 0 Å². The summed E-state index contributed by atoms with van der Waals surface area (Å²) in [6.45, 7) is 5.30. The Morgan fingerprint density at radius 2 is 2.23 bits per heavy atom. The van der Waals surface area contributed by atoms with Crippen LogP contribution in [0, 0.1) is 0 Å². The molecule has 1 aliphatic heterocycles. The number of piperidine rings is 1. The molecule has 78 valence electrons. The zero-order valence-corrected chi connectivity index (χ0v) is 8.85. The van der Waals surface area contributed by atoms with Crippen molar-refractivity contribution in [2.45, 2.75) is 51.5 Å². The lowest BCUT2D eigenvalue weighted by Gasteiger charge is -2.23. The highest BCUT2D eigenvalue weighted by atomic mass is 16.5. The van der Waals surface area contributed by atoms with E-state index in [-0.39, 0.29) is 0 Å². The fourth-order valence-electron chi connectivity index (χ4n) is 1.74. The van der Waals surface area contributed by atoms with Crippen LogP contribution in [0.4, 0.5) is 0 Å². The normalized spacial score (nSPS) is 23.3. The van der Waals surface area contributed by atoms with E-state index in [4.69, 9.17) is 4.74 Å². The molecule has 1 rings (SSSR count). The Morgan fingerprint density at radius 3 is 2.92 bits per heavy atom. The maximum atomic E-state index is 5.54. The lowest BCUT2D eigenvalue weighted by atomic mass is 10.0. The maximum absolute atomic E-state index is 5.54. The second kappa shape index (κ2) is 7.34. The summed E-state index contributed by atoms with van der Waals surface area (Å²) in [6.07, 6.45) is 7.74. The lowest BCUT2D eigenvalue weighted by molar-refractivity contribution is 0.118. The second-order valence-corrected chi connectivity index (χ2v) is 3.90. The molecule has 1 N–H and O–H groups in total. The molecule has 0 saturated carbocycles. The summed E-state index contributed by atoms with van der Waals surface area (Å²) in [4.78, 5) is 0. The van der Waals surface area contributed by atoms with Gasteiger partial charge in [-0.05, 0) is 32.2 Å². The van der Waals surface area contributed by atoms with Crippen molar-refractivity contribution in [3.63, 3.8) is 0 Å². The monoisotopic (exact) mass is 185 g/mol. The van der Waals surface area contributed by atoms with E-state index in [9.17, 15) is 0 Å². The first-order chi connectivity index (χ1) is 6.43. The topological polar surface area (TPSA) is 21.3 Å². The molecule has 1 heterocycles. The molecule has 0 radical (unpaired) electrons. The number of hydrogen-bond acceptors (Lipinski definition) is 2. The molecule has 0 aromatic carbocycles. The first-order valence-electron chi connectivity index (χ1n) is 5.74. The van der Waals surface area contributed by atoms with Gasteiger partial charge in [0.1, 0.15) is 0 Å². The SMILES string of the molecule is CCCCOCC[C@H]1CCCCN1. The van der Waals surface area contributed by atoms with Crippen LogP contribution < -0.4 is 5.32 Å². The van der Waals surface area contributed by atoms with Crippen LogP contribution in [-0.4, -0.2) is 25.8 Å². The van der Waals surface area contributed by atoms with Gasteiger partial charge in [-0.25, -0.2) is 0 Å². The maximum Gasteiger partial charge on any atom is 0.0480 e. The van der Waals surface area contributed by atoms with Gasteiger partial charge < -0.3 is 10.1 Å². The summed E-state index contributed by atoms with van der Waals surface area (Å²) in [6, 6.07) is 0.732. The molecule has 1 aliphatic rings. The average Bonchev–Trinajstić information content (AvgIpc) is 2.19. The van der Waals surface area contributed by atoms with Gasteiger partial charge in [-0.1, -0.05) is 19.8 Å². The number of unbranched alkanes of at least 4 members (excludes halogenated alkanes) is 1. The summed E-state index contributed by atoms with van der Waals surface area (Å²) < 4.78 is 5.54. The summed E-state index contributed by atoms with van der Waals surface area (Å²) in [5, 5.41) is 3.53. The third-order valence-electron chi connectivity index (χ3n) is 2.67. The number of nitrogens with one attached hydrogen (secondary N) is 1. The molecule has 0 bridgehead atoms. The Hall–Kier alpha value is -0.0800. The summed E-state index contributed by atoms with van der Waals surface area (Å²) in [5.74, 6) is 0. The minimum absolute atomic E-state index is 0.732. The molecular formula is C11H23NO. The second-order valence-electron chi connectivity index (χ2n) is 3.90. The standard InChI is InChI=1S/C11H23NO/c1-2-3-9-13-10-7-11-6-4-5-8-12-11/h11-12H,2-10H2,1H3/t11-/m1/s1. The van der Waals surface area contributed by atoms with Crippen LogP contribution in [0.1, 0.15) is 45.4 Å². The van der Waals surface area contributed by atoms with Crippen LogP contribution in [0.25, 0.3) is 0 Å². The molecule has 1 saturated heterocycles. The van der Waals surface area contributed by atoms with Crippen molar-refractivity contribution < 1.29 is 4.74 Å². The van der Waals surface area contributed by atoms with Crippen LogP contribution in [0.15, 0.2) is 0 Å². The third-order valence-corrected chi connectivity index (χ3v) is 2.67. The Morgan fingerprint density at radius 1 is 1.31 bits per heavy atom. The quantitative estimate of drug-likeness (QED) is 0.641. The highest BCUT2D eigenvalue weighted by molar-refractivity contribution is 4.71. The van der Waals surface area contributed by atoms with E-state index in [0.29, 0.717) is 0 Å². The third kappa shape index (κ3) is 5.27. The summed E-state index contributed by atoms with van der Waals surface area (Å²) >= 11 is 0. The Bertz CT molecular complexity index is 111. The van der Waals surface area contributed by atoms with Gasteiger partial charge in [0, 0.05) is 19.3 Å². The molecule has 13 heavy (non-hydrogen) atoms. The van der Waals surface area contributed by atoms with E-state index < -0.39 is 0 Å². The first-order valence-corrected chi connectivity index (χ1v) is 5.74. The Kier molecular flexibility index (Phi) is 6.21. The molecule has 2 nitrogen and oxygen atoms in total. The van der Waals surface area contributed by atoms with Crippen LogP contribution in [0.3, 0.4) is 0 Å². The molecule has 1 fully saturated rings. The van der Waals surface area contributed by atoms with E-state index in [0.717, 1.165) is 19.3 Å². The highest BCUT2D eigenvalue weighted by Gasteiger charge is 2.11. The van der Waals surface area contributed by atoms with Gasteiger partial charge in [0.2, 0.25) is 0 Å². The van der Waals surface area contributed by atoms with E-state index in [1.165, 1.54) is 45.1 Å². The van der Waals surface area contributed by atoms with E-state index in [1.807, 2.05) is 0 Å². The van der Waals surface area contributed by atoms with Gasteiger partial charge in [-0.2, -0.15) is 0 Å². The van der Waals surface area contributed by atoms with Crippen molar-refractivity contribution in [2.24, 2.45) is 0 Å². The number of ether oxygens (including phenoxy) is 1. The predicted molar refractivity (Wildman–Crippen MR) is 56.0 cm³/mol. The lowest BCUT2D eigenvalue weighted by Crippen LogP contribution is -2.34. The Labute approximate surface area is 82.0 Å². The molecule has 2 heteroatoms. The van der Waals surface area contributed by atoms with Gasteiger partial charge in [0.15, 0.2) is 0 Å². The van der Waals surface area contributed by atoms with Crippen LogP contribution in [0.5, 0.6) is 0 Å². The van der Waals surface area contributed by atoms with E-state index in [1.54, 1.807) is 0 Å². The fourth-order valence-corrected chi connectivity index (χ4v) is 1.74. The van der Waals surface area contributed by atoms with Gasteiger partial charge in [-0.15, -0.1) is 0 Å². The van der Waals surface area contributed by atoms with Gasteiger partial charge in [0.25, 0.3) is 0 Å². The highest BCUT2D eigenvalue weighted by Crippen LogP contribution is 2.09. The zero-order chi connectivity index (χ0) is 9.36. The molecule has 0 aromatic rings. The van der Waals surface area contributed by atoms with Crippen molar-refractivity contribution in [3.8, 4) is 0 Å². The molecular weight excluding hydrogens is 162 g/mol.